The summed E-state index contributed by atoms with van der Waals surface area (Å²) in [4.78, 5) is 2.45. The van der Waals surface area contributed by atoms with Crippen molar-refractivity contribution in [2.24, 2.45) is 0 Å². The van der Waals surface area contributed by atoms with Crippen LogP contribution < -0.4 is 10.2 Å². The number of hydrogen-bond donors (Lipinski definition) is 1. The first kappa shape index (κ1) is 15.6. The smallest absolute Gasteiger partial charge is 0.0637 e. The van der Waals surface area contributed by atoms with E-state index in [-0.39, 0.29) is 0 Å². The van der Waals surface area contributed by atoms with E-state index in [1.807, 2.05) is 12.1 Å². The van der Waals surface area contributed by atoms with E-state index in [1.54, 1.807) is 7.11 Å². The highest BCUT2D eigenvalue weighted by atomic mass is 35.5. The highest BCUT2D eigenvalue weighted by Gasteiger charge is 2.30. The average molecular weight is 297 g/mol. The molecule has 1 aliphatic carbocycles. The summed E-state index contributed by atoms with van der Waals surface area (Å²) in [5, 5.41) is 4.32. The summed E-state index contributed by atoms with van der Waals surface area (Å²) in [5.41, 5.74) is 2.45. The molecule has 4 heteroatoms. The molecular weight excluding hydrogens is 272 g/mol. The van der Waals surface area contributed by atoms with Gasteiger partial charge < -0.3 is 15.0 Å². The maximum Gasteiger partial charge on any atom is 0.0637 e. The molecule has 1 aromatic rings. The van der Waals surface area contributed by atoms with Crippen molar-refractivity contribution in [3.05, 3.63) is 28.8 Å². The van der Waals surface area contributed by atoms with Crippen molar-refractivity contribution in [1.29, 1.82) is 0 Å². The lowest BCUT2D eigenvalue weighted by atomic mass is 10.1. The Labute approximate surface area is 127 Å². The Hall–Kier alpha value is -0.770. The molecule has 0 unspecified atom stereocenters. The quantitative estimate of drug-likeness (QED) is 0.795. The zero-order valence-corrected chi connectivity index (χ0v) is 13.4. The van der Waals surface area contributed by atoms with E-state index >= 15 is 0 Å². The summed E-state index contributed by atoms with van der Waals surface area (Å²) >= 11 is 6.42. The van der Waals surface area contributed by atoms with E-state index in [2.05, 4.69) is 30.1 Å². The first-order valence-electron chi connectivity index (χ1n) is 7.39. The van der Waals surface area contributed by atoms with E-state index in [1.165, 1.54) is 24.1 Å². The molecule has 0 aromatic heterocycles. The van der Waals surface area contributed by atoms with Crippen molar-refractivity contribution < 1.29 is 4.74 Å². The lowest BCUT2D eigenvalue weighted by Gasteiger charge is -2.28. The summed E-state index contributed by atoms with van der Waals surface area (Å²) in [7, 11) is 1.75. The van der Waals surface area contributed by atoms with E-state index in [0.717, 1.165) is 24.7 Å². The fourth-order valence-corrected chi connectivity index (χ4v) is 2.61. The van der Waals surface area contributed by atoms with Crippen LogP contribution >= 0.6 is 11.6 Å². The normalized spacial score (nSPS) is 14.8. The second-order valence-electron chi connectivity index (χ2n) is 5.69. The Kier molecular flexibility index (Phi) is 5.70. The molecule has 20 heavy (non-hydrogen) atoms. The number of hydrogen-bond acceptors (Lipinski definition) is 3. The molecule has 0 radical (unpaired) electrons. The lowest BCUT2D eigenvalue weighted by molar-refractivity contribution is 0.205. The second-order valence-corrected chi connectivity index (χ2v) is 6.10. The van der Waals surface area contributed by atoms with Crippen molar-refractivity contribution in [2.75, 3.05) is 25.2 Å². The molecule has 1 aliphatic rings. The van der Waals surface area contributed by atoms with E-state index < -0.39 is 0 Å². The number of benzene rings is 1. The van der Waals surface area contributed by atoms with Crippen molar-refractivity contribution in [3.63, 3.8) is 0 Å². The van der Waals surface area contributed by atoms with Crippen LogP contribution in [0.15, 0.2) is 18.2 Å². The summed E-state index contributed by atoms with van der Waals surface area (Å²) in [6, 6.07) is 7.30. The molecule has 1 aromatic carbocycles. The topological polar surface area (TPSA) is 24.5 Å². The SMILES string of the molecule is COCCN(c1cccc(Cl)c1CNC(C)C)C1CC1. The van der Waals surface area contributed by atoms with Gasteiger partial charge in [-0.25, -0.2) is 0 Å². The Morgan fingerprint density at radius 2 is 2.15 bits per heavy atom. The van der Waals surface area contributed by atoms with Crippen molar-refractivity contribution >= 4 is 17.3 Å². The van der Waals surface area contributed by atoms with Crippen molar-refractivity contribution in [1.82, 2.24) is 5.32 Å². The summed E-state index contributed by atoms with van der Waals surface area (Å²) in [6.45, 7) is 6.79. The van der Waals surface area contributed by atoms with Crippen molar-refractivity contribution in [2.45, 2.75) is 45.3 Å². The third-order valence-electron chi connectivity index (χ3n) is 3.61. The largest absolute Gasteiger partial charge is 0.383 e. The summed E-state index contributed by atoms with van der Waals surface area (Å²) in [6.07, 6.45) is 2.54. The number of anilines is 1. The Morgan fingerprint density at radius 1 is 1.40 bits per heavy atom. The molecular formula is C16H25ClN2O. The van der Waals surface area contributed by atoms with Crippen LogP contribution in [0.25, 0.3) is 0 Å². The maximum atomic E-state index is 6.42. The Bertz CT molecular complexity index is 432. The third kappa shape index (κ3) is 4.11. The molecule has 0 spiro atoms. The van der Waals surface area contributed by atoms with Gasteiger partial charge in [0, 0.05) is 48.6 Å². The first-order valence-corrected chi connectivity index (χ1v) is 7.77. The van der Waals surface area contributed by atoms with Gasteiger partial charge in [-0.2, -0.15) is 0 Å². The van der Waals surface area contributed by atoms with Gasteiger partial charge >= 0.3 is 0 Å². The zero-order chi connectivity index (χ0) is 14.5. The number of methoxy groups -OCH3 is 1. The van der Waals surface area contributed by atoms with Crippen LogP contribution in [0.5, 0.6) is 0 Å². The highest BCUT2D eigenvalue weighted by molar-refractivity contribution is 6.31. The van der Waals surface area contributed by atoms with Crippen molar-refractivity contribution in [3.8, 4) is 0 Å². The molecule has 0 aliphatic heterocycles. The molecule has 1 saturated carbocycles. The molecule has 0 amide bonds. The second kappa shape index (κ2) is 7.30. The van der Waals surface area contributed by atoms with Gasteiger partial charge in [0.15, 0.2) is 0 Å². The van der Waals surface area contributed by atoms with Gasteiger partial charge in [-0.05, 0) is 25.0 Å². The first-order chi connectivity index (χ1) is 9.63. The number of nitrogens with one attached hydrogen (secondary N) is 1. The van der Waals surface area contributed by atoms with Crippen LogP contribution in [0.4, 0.5) is 5.69 Å². The van der Waals surface area contributed by atoms with E-state index in [4.69, 9.17) is 16.3 Å². The average Bonchev–Trinajstić information content (AvgIpc) is 3.22. The minimum Gasteiger partial charge on any atom is -0.383 e. The molecule has 1 N–H and O–H groups in total. The Balaban J connectivity index is 2.21. The highest BCUT2D eigenvalue weighted by Crippen LogP contribution is 2.35. The third-order valence-corrected chi connectivity index (χ3v) is 3.97. The zero-order valence-electron chi connectivity index (χ0n) is 12.7. The van der Waals surface area contributed by atoms with Gasteiger partial charge in [0.05, 0.1) is 6.61 Å². The number of halogens is 1. The number of nitrogens with zero attached hydrogens (tertiary/aromatic N) is 1. The molecule has 2 rings (SSSR count). The molecule has 112 valence electrons. The number of ether oxygens (including phenoxy) is 1. The van der Waals surface area contributed by atoms with Gasteiger partial charge in [-0.1, -0.05) is 31.5 Å². The van der Waals surface area contributed by atoms with Crippen LogP contribution in [-0.2, 0) is 11.3 Å². The monoisotopic (exact) mass is 296 g/mol. The molecule has 0 saturated heterocycles. The Morgan fingerprint density at radius 3 is 2.75 bits per heavy atom. The van der Waals surface area contributed by atoms with Crippen LogP contribution in [0.3, 0.4) is 0 Å². The number of rotatable bonds is 8. The molecule has 0 bridgehead atoms. The predicted octanol–water partition coefficient (Wildman–Crippen LogP) is 3.45. The fraction of sp³-hybridized carbons (Fsp3) is 0.625. The summed E-state index contributed by atoms with van der Waals surface area (Å²) in [5.74, 6) is 0. The van der Waals surface area contributed by atoms with Crippen LogP contribution in [0, 0.1) is 0 Å². The van der Waals surface area contributed by atoms with Crippen LogP contribution in [0.2, 0.25) is 5.02 Å². The maximum absolute atomic E-state index is 6.42. The van der Waals surface area contributed by atoms with Crippen LogP contribution in [-0.4, -0.2) is 32.3 Å². The fourth-order valence-electron chi connectivity index (χ4n) is 2.37. The minimum absolute atomic E-state index is 0.451. The molecule has 1 fully saturated rings. The van der Waals surface area contributed by atoms with Gasteiger partial charge in [0.1, 0.15) is 0 Å². The van der Waals surface area contributed by atoms with E-state index in [9.17, 15) is 0 Å². The lowest BCUT2D eigenvalue weighted by Crippen LogP contribution is -2.31. The van der Waals surface area contributed by atoms with Gasteiger partial charge in [0.2, 0.25) is 0 Å². The molecule has 0 atom stereocenters. The molecule has 3 nitrogen and oxygen atoms in total. The standard InChI is InChI=1S/C16H25ClN2O/c1-12(2)18-11-14-15(17)5-4-6-16(14)19(9-10-20-3)13-7-8-13/h4-6,12-13,18H,7-11H2,1-3H3. The van der Waals surface area contributed by atoms with Gasteiger partial charge in [-0.15, -0.1) is 0 Å². The van der Waals surface area contributed by atoms with Gasteiger partial charge in [-0.3, -0.25) is 0 Å². The predicted molar refractivity (Wildman–Crippen MR) is 85.7 cm³/mol. The van der Waals surface area contributed by atoms with Gasteiger partial charge in [0.25, 0.3) is 0 Å². The molecule has 0 heterocycles. The van der Waals surface area contributed by atoms with E-state index in [0.29, 0.717) is 12.1 Å². The summed E-state index contributed by atoms with van der Waals surface area (Å²) < 4.78 is 5.25. The minimum atomic E-state index is 0.451. The van der Waals surface area contributed by atoms with Crippen LogP contribution in [0.1, 0.15) is 32.3 Å².